The Bertz CT molecular complexity index is 1530. The number of hydrogen-bond acceptors (Lipinski definition) is 9. The van der Waals surface area contributed by atoms with Gasteiger partial charge in [-0.05, 0) is 108 Å². The molecule has 0 saturated carbocycles. The third-order valence-electron chi connectivity index (χ3n) is 13.0. The van der Waals surface area contributed by atoms with Crippen molar-refractivity contribution in [3.05, 3.63) is 71.8 Å². The van der Waals surface area contributed by atoms with Gasteiger partial charge in [0.1, 0.15) is 13.5 Å². The summed E-state index contributed by atoms with van der Waals surface area (Å²) in [4.78, 5) is 54.8. The van der Waals surface area contributed by atoms with E-state index in [0.717, 1.165) is 64.6 Å². The zero-order valence-electron chi connectivity index (χ0n) is 51.2. The molecule has 3 N–H and O–H groups in total. The highest BCUT2D eigenvalue weighted by atomic mass is 16.5. The molecule has 0 fully saturated rings. The maximum Gasteiger partial charge on any atom is 0.309 e. The lowest BCUT2D eigenvalue weighted by molar-refractivity contribution is -0.148. The van der Waals surface area contributed by atoms with E-state index < -0.39 is 11.4 Å². The van der Waals surface area contributed by atoms with Crippen LogP contribution in [0.4, 0.5) is 0 Å². The molecule has 2 aromatic rings. The lowest BCUT2D eigenvalue weighted by Gasteiger charge is -2.21. The Labute approximate surface area is 557 Å². The van der Waals surface area contributed by atoms with Gasteiger partial charge in [0.15, 0.2) is 0 Å². The van der Waals surface area contributed by atoms with Crippen LogP contribution in [-0.2, 0) is 42.9 Å². The number of amides is 2. The van der Waals surface area contributed by atoms with Crippen LogP contribution in [0.15, 0.2) is 60.7 Å². The van der Waals surface area contributed by atoms with E-state index >= 15 is 0 Å². The van der Waals surface area contributed by atoms with Crippen LogP contribution in [0.1, 0.15) is 343 Å². The van der Waals surface area contributed by atoms with Crippen molar-refractivity contribution >= 4 is 29.7 Å². The molecule has 0 saturated heterocycles. The number of unbranched alkanes of at least 4 members (excludes halogenated alkanes) is 2. The second-order valence-corrected chi connectivity index (χ2v) is 20.4. The number of hydrogen-bond donors (Lipinski definition) is 3. The van der Waals surface area contributed by atoms with Crippen LogP contribution in [0, 0.1) is 28.1 Å². The van der Waals surface area contributed by atoms with Crippen molar-refractivity contribution in [3.8, 4) is 0 Å². The standard InChI is InChI=1S/2C11H23NO2.2C10H14.2C7H14O2.C6H12O2.14CH4/c2*1-5-7-8-14-9-12-10(13)11(3,4)6-2;2*1-3-9(2)10-7-5-4-6-8-10;2*1-4-6(3)7(8)9-5-2;1-4-6(2,3)5(7)8;;;;;;;;;;;;;;/h2*5-9H2,1-4H3,(H,12,13);2*4-9H,3H2,1-2H3;2*6H,4-5H2,1-3H3;4H2,1-3H3,(H,7,8);14*1H4. The monoisotopic (exact) mass is 1270 g/mol. The molecule has 88 heavy (non-hydrogen) atoms. The Hall–Kier alpha value is -4.29. The van der Waals surface area contributed by atoms with E-state index in [4.69, 9.17) is 24.1 Å². The fraction of sp³-hybridized carbons (Fsp3) is 0.776. The molecule has 0 heterocycles. The number of aliphatic carboxylic acids is 1. The highest BCUT2D eigenvalue weighted by Crippen LogP contribution is 2.21. The molecular formula is C76H170N2O10. The highest BCUT2D eigenvalue weighted by Gasteiger charge is 2.26. The normalized spacial score (nSPS) is 10.2. The van der Waals surface area contributed by atoms with Gasteiger partial charge in [0.25, 0.3) is 0 Å². The summed E-state index contributed by atoms with van der Waals surface area (Å²) in [6.45, 7) is 44.7. The molecule has 0 aliphatic rings. The Morgan fingerprint density at radius 2 is 0.659 bits per heavy atom. The average molecular weight is 1270 g/mol. The molecule has 544 valence electrons. The first kappa shape index (κ1) is 137. The summed E-state index contributed by atoms with van der Waals surface area (Å²) < 4.78 is 20.0. The van der Waals surface area contributed by atoms with Crippen LogP contribution >= 0.6 is 0 Å². The van der Waals surface area contributed by atoms with Crippen LogP contribution in [0.5, 0.6) is 0 Å². The van der Waals surface area contributed by atoms with E-state index in [1.165, 1.54) is 24.0 Å². The summed E-state index contributed by atoms with van der Waals surface area (Å²) >= 11 is 0. The zero-order valence-corrected chi connectivity index (χ0v) is 51.2. The first-order chi connectivity index (χ1) is 34.7. The first-order valence-electron chi connectivity index (χ1n) is 28.1. The second-order valence-electron chi connectivity index (χ2n) is 20.4. The van der Waals surface area contributed by atoms with Crippen molar-refractivity contribution in [1.29, 1.82) is 0 Å². The number of ether oxygens (including phenoxy) is 4. The summed E-state index contributed by atoms with van der Waals surface area (Å²) in [6.07, 6.45) is 10.9. The molecule has 12 nitrogen and oxygen atoms in total. The Morgan fingerprint density at radius 1 is 0.409 bits per heavy atom. The molecule has 0 aliphatic carbocycles. The number of carbonyl (C=O) groups is 5. The predicted molar refractivity (Wildman–Crippen MR) is 404 cm³/mol. The molecule has 0 spiro atoms. The molecule has 0 bridgehead atoms. The molecular weight excluding hydrogens is 1100 g/mol. The summed E-state index contributed by atoms with van der Waals surface area (Å²) in [5.41, 5.74) is 1.79. The third kappa shape index (κ3) is 77.8. The topological polar surface area (TPSA) is 167 Å². The quantitative estimate of drug-likeness (QED) is 0.0469. The number of carboxylic acid groups (broad SMARTS) is 1. The summed E-state index contributed by atoms with van der Waals surface area (Å²) in [5.74, 6) is 0.783. The van der Waals surface area contributed by atoms with E-state index in [1.807, 2.05) is 90.0 Å². The molecule has 0 aliphatic heterocycles. The van der Waals surface area contributed by atoms with Crippen molar-refractivity contribution < 1.29 is 48.0 Å². The van der Waals surface area contributed by atoms with E-state index in [1.54, 1.807) is 13.8 Å². The summed E-state index contributed by atoms with van der Waals surface area (Å²) in [5, 5.41) is 14.0. The minimum atomic E-state index is -0.722. The summed E-state index contributed by atoms with van der Waals surface area (Å²) in [7, 11) is 0. The van der Waals surface area contributed by atoms with Gasteiger partial charge >= 0.3 is 17.9 Å². The maximum atomic E-state index is 11.5. The van der Waals surface area contributed by atoms with Gasteiger partial charge in [-0.25, -0.2) is 0 Å². The fourth-order valence-corrected chi connectivity index (χ4v) is 4.76. The van der Waals surface area contributed by atoms with Crippen molar-refractivity contribution in [1.82, 2.24) is 10.6 Å². The second kappa shape index (κ2) is 86.9. The van der Waals surface area contributed by atoms with Gasteiger partial charge in [-0.15, -0.1) is 0 Å². The van der Waals surface area contributed by atoms with Crippen molar-refractivity contribution in [2.24, 2.45) is 28.1 Å². The molecule has 4 atom stereocenters. The minimum Gasteiger partial charge on any atom is -0.481 e. The molecule has 4 unspecified atom stereocenters. The third-order valence-corrected chi connectivity index (χ3v) is 13.0. The first-order valence-corrected chi connectivity index (χ1v) is 28.1. The SMILES string of the molecule is C.C.C.C.C.C.C.C.C.C.C.C.C.C.CCC(C)(C)C(=O)O.CCC(C)c1ccccc1.CCC(C)c1ccccc1.CCCCOCNC(=O)C(C)(C)CC.CCCCOCNC(=O)C(C)(C)CC.CCOC(=O)C(C)CC.CCOC(=O)C(C)CC. The summed E-state index contributed by atoms with van der Waals surface area (Å²) in [6, 6.07) is 21.3. The minimum absolute atomic E-state index is 0. The van der Waals surface area contributed by atoms with Crippen LogP contribution < -0.4 is 10.6 Å². The van der Waals surface area contributed by atoms with Crippen LogP contribution in [0.25, 0.3) is 0 Å². The van der Waals surface area contributed by atoms with Crippen LogP contribution in [0.3, 0.4) is 0 Å². The van der Waals surface area contributed by atoms with E-state index in [0.29, 0.717) is 44.9 Å². The lowest BCUT2D eigenvalue weighted by atomic mass is 9.89. The number of nitrogens with one attached hydrogen (secondary N) is 2. The number of carbonyl (C=O) groups excluding carboxylic acids is 4. The van der Waals surface area contributed by atoms with Gasteiger partial charge in [-0.2, -0.15) is 0 Å². The van der Waals surface area contributed by atoms with E-state index in [9.17, 15) is 24.0 Å². The molecule has 2 rings (SSSR count). The van der Waals surface area contributed by atoms with Crippen LogP contribution in [-0.4, -0.2) is 74.7 Å². The predicted octanol–water partition coefficient (Wildman–Crippen LogP) is 24.6. The van der Waals surface area contributed by atoms with Gasteiger partial charge in [0.2, 0.25) is 11.8 Å². The fourth-order valence-electron chi connectivity index (χ4n) is 4.76. The Morgan fingerprint density at radius 3 is 0.830 bits per heavy atom. The average Bonchev–Trinajstić information content (AvgIpc) is 3.41. The molecule has 0 aromatic heterocycles. The highest BCUT2D eigenvalue weighted by molar-refractivity contribution is 5.82. The van der Waals surface area contributed by atoms with Gasteiger partial charge in [0.05, 0.1) is 30.5 Å². The van der Waals surface area contributed by atoms with Gasteiger partial charge < -0.3 is 34.7 Å². The Balaban J connectivity index is -0.0000000364. The molecule has 2 amide bonds. The number of carboxylic acids is 1. The van der Waals surface area contributed by atoms with Crippen LogP contribution in [0.2, 0.25) is 0 Å². The number of benzene rings is 2. The molecule has 2 aromatic carbocycles. The van der Waals surface area contributed by atoms with Gasteiger partial charge in [-0.1, -0.05) is 295 Å². The zero-order chi connectivity index (χ0) is 58.2. The van der Waals surface area contributed by atoms with Crippen molar-refractivity contribution in [2.45, 2.75) is 332 Å². The maximum absolute atomic E-state index is 11.5. The molecule has 12 heteroatoms. The number of rotatable bonds is 26. The largest absolute Gasteiger partial charge is 0.481 e. The van der Waals surface area contributed by atoms with Gasteiger partial charge in [0, 0.05) is 24.0 Å². The van der Waals surface area contributed by atoms with E-state index in [2.05, 4.69) is 113 Å². The Kier molecular flexibility index (Phi) is 135. The van der Waals surface area contributed by atoms with Crippen molar-refractivity contribution in [2.75, 3.05) is 39.9 Å². The van der Waals surface area contributed by atoms with Gasteiger partial charge in [-0.3, -0.25) is 24.0 Å². The molecule has 0 radical (unpaired) electrons. The van der Waals surface area contributed by atoms with E-state index in [-0.39, 0.29) is 150 Å². The van der Waals surface area contributed by atoms with Crippen molar-refractivity contribution in [3.63, 3.8) is 0 Å². The lowest BCUT2D eigenvalue weighted by Crippen LogP contribution is -2.37. The smallest absolute Gasteiger partial charge is 0.309 e. The number of esters is 2.